The largest absolute Gasteiger partial charge is 0.480 e. The van der Waals surface area contributed by atoms with Gasteiger partial charge in [-0.15, -0.1) is 0 Å². The average Bonchev–Trinajstić information content (AvgIpc) is 3.04. The van der Waals surface area contributed by atoms with E-state index in [1.54, 1.807) is 0 Å². The Morgan fingerprint density at radius 2 is 1.57 bits per heavy atom. The van der Waals surface area contributed by atoms with Gasteiger partial charge in [0.25, 0.3) is 0 Å². The molecule has 2 aromatic rings. The highest BCUT2D eigenvalue weighted by Crippen LogP contribution is 2.44. The third kappa shape index (κ3) is 4.07. The molecule has 0 spiro atoms. The van der Waals surface area contributed by atoms with E-state index in [1.165, 1.54) is 0 Å². The molecule has 4 rings (SSSR count). The van der Waals surface area contributed by atoms with Crippen LogP contribution in [-0.2, 0) is 9.53 Å². The van der Waals surface area contributed by atoms with E-state index >= 15 is 0 Å². The molecule has 1 atom stereocenters. The number of hydrogen-bond acceptors (Lipinski definition) is 3. The molecule has 0 saturated heterocycles. The number of alkyl carbamates (subject to hydrolysis) is 1. The van der Waals surface area contributed by atoms with Crippen molar-refractivity contribution in [2.45, 2.75) is 51.5 Å². The van der Waals surface area contributed by atoms with Crippen LogP contribution in [0.5, 0.6) is 0 Å². The number of carboxylic acids is 1. The molecule has 5 nitrogen and oxygen atoms in total. The number of hydrogen-bond donors (Lipinski definition) is 2. The van der Waals surface area contributed by atoms with Gasteiger partial charge >= 0.3 is 12.1 Å². The van der Waals surface area contributed by atoms with Gasteiger partial charge in [0, 0.05) is 5.92 Å². The van der Waals surface area contributed by atoms with Crippen molar-refractivity contribution in [2.75, 3.05) is 6.61 Å². The predicted molar refractivity (Wildman–Crippen MR) is 115 cm³/mol. The summed E-state index contributed by atoms with van der Waals surface area (Å²) in [6.07, 6.45) is 2.87. The lowest BCUT2D eigenvalue weighted by molar-refractivity contribution is -0.141. The number of aliphatic carboxylic acids is 1. The summed E-state index contributed by atoms with van der Waals surface area (Å²) in [4.78, 5) is 24.3. The van der Waals surface area contributed by atoms with Crippen LogP contribution < -0.4 is 5.32 Å². The summed E-state index contributed by atoms with van der Waals surface area (Å²) in [6, 6.07) is 15.4. The van der Waals surface area contributed by atoms with E-state index < -0.39 is 18.1 Å². The van der Waals surface area contributed by atoms with Gasteiger partial charge in [0.05, 0.1) is 0 Å². The van der Waals surface area contributed by atoms with Crippen molar-refractivity contribution in [2.24, 2.45) is 11.3 Å². The molecule has 1 amide bonds. The molecule has 2 aliphatic rings. The Hall–Kier alpha value is -2.82. The molecular formula is C25H29NO4. The highest BCUT2D eigenvalue weighted by molar-refractivity contribution is 5.81. The molecule has 5 heteroatoms. The number of carbonyl (C=O) groups is 2. The van der Waals surface area contributed by atoms with Gasteiger partial charge in [-0.2, -0.15) is 0 Å². The fourth-order valence-corrected chi connectivity index (χ4v) is 4.90. The van der Waals surface area contributed by atoms with E-state index in [0.717, 1.165) is 47.9 Å². The molecule has 1 unspecified atom stereocenters. The smallest absolute Gasteiger partial charge is 0.407 e. The number of fused-ring (bicyclic) bond motifs is 3. The highest BCUT2D eigenvalue weighted by Gasteiger charge is 2.36. The second kappa shape index (κ2) is 8.13. The SMILES string of the molecule is CC1(C)CCC(C(NC(=O)OCC2c3ccccc3-c3ccccc32)C(=O)O)CC1. The monoisotopic (exact) mass is 407 g/mol. The maximum absolute atomic E-state index is 12.5. The highest BCUT2D eigenvalue weighted by atomic mass is 16.5. The summed E-state index contributed by atoms with van der Waals surface area (Å²) in [5.41, 5.74) is 4.83. The van der Waals surface area contributed by atoms with Gasteiger partial charge in [-0.05, 0) is 59.3 Å². The van der Waals surface area contributed by atoms with E-state index in [-0.39, 0.29) is 23.9 Å². The number of nitrogens with one attached hydrogen (secondary N) is 1. The summed E-state index contributed by atoms with van der Waals surface area (Å²) in [6.45, 7) is 4.60. The Morgan fingerprint density at radius 3 is 2.10 bits per heavy atom. The summed E-state index contributed by atoms with van der Waals surface area (Å²) >= 11 is 0. The van der Waals surface area contributed by atoms with Gasteiger partial charge < -0.3 is 15.2 Å². The summed E-state index contributed by atoms with van der Waals surface area (Å²) in [5.74, 6) is -1.09. The minimum Gasteiger partial charge on any atom is -0.480 e. The van der Waals surface area contributed by atoms with E-state index in [9.17, 15) is 14.7 Å². The number of ether oxygens (including phenoxy) is 1. The van der Waals surface area contributed by atoms with Gasteiger partial charge in [0.2, 0.25) is 0 Å². The van der Waals surface area contributed by atoms with Crippen molar-refractivity contribution in [3.05, 3.63) is 59.7 Å². The minimum absolute atomic E-state index is 0.0399. The minimum atomic E-state index is -0.992. The van der Waals surface area contributed by atoms with E-state index in [1.807, 2.05) is 24.3 Å². The summed E-state index contributed by atoms with van der Waals surface area (Å²) in [7, 11) is 0. The second-order valence-corrected chi connectivity index (χ2v) is 9.29. The van der Waals surface area contributed by atoms with Gasteiger partial charge in [0.15, 0.2) is 0 Å². The van der Waals surface area contributed by atoms with Gasteiger partial charge in [-0.3, -0.25) is 0 Å². The van der Waals surface area contributed by atoms with Crippen LogP contribution in [0, 0.1) is 11.3 Å². The maximum Gasteiger partial charge on any atom is 0.407 e. The molecule has 158 valence electrons. The third-order valence-electron chi connectivity index (χ3n) is 6.74. The van der Waals surface area contributed by atoms with Crippen LogP contribution in [0.25, 0.3) is 11.1 Å². The van der Waals surface area contributed by atoms with Crippen LogP contribution in [0.1, 0.15) is 56.6 Å². The lowest BCUT2D eigenvalue weighted by Gasteiger charge is -2.36. The number of carbonyl (C=O) groups excluding carboxylic acids is 1. The molecule has 0 bridgehead atoms. The molecule has 0 heterocycles. The quantitative estimate of drug-likeness (QED) is 0.715. The molecule has 0 aliphatic heterocycles. The van der Waals surface area contributed by atoms with Gasteiger partial charge in [-0.1, -0.05) is 62.4 Å². The van der Waals surface area contributed by atoms with Crippen LogP contribution in [0.4, 0.5) is 4.79 Å². The van der Waals surface area contributed by atoms with Crippen molar-refractivity contribution in [3.8, 4) is 11.1 Å². The summed E-state index contributed by atoms with van der Waals surface area (Å²) < 4.78 is 5.54. The van der Waals surface area contributed by atoms with Crippen molar-refractivity contribution in [1.29, 1.82) is 0 Å². The van der Waals surface area contributed by atoms with Crippen LogP contribution >= 0.6 is 0 Å². The normalized spacial score (nSPS) is 18.9. The zero-order valence-electron chi connectivity index (χ0n) is 17.6. The van der Waals surface area contributed by atoms with Gasteiger partial charge in [-0.25, -0.2) is 9.59 Å². The lowest BCUT2D eigenvalue weighted by Crippen LogP contribution is -2.47. The van der Waals surface area contributed by atoms with E-state index in [0.29, 0.717) is 0 Å². The van der Waals surface area contributed by atoms with Crippen molar-refractivity contribution in [3.63, 3.8) is 0 Å². The van der Waals surface area contributed by atoms with Gasteiger partial charge in [0.1, 0.15) is 12.6 Å². The topological polar surface area (TPSA) is 75.6 Å². The molecule has 30 heavy (non-hydrogen) atoms. The Morgan fingerprint density at radius 1 is 1.03 bits per heavy atom. The average molecular weight is 408 g/mol. The van der Waals surface area contributed by atoms with Crippen LogP contribution in [0.15, 0.2) is 48.5 Å². The second-order valence-electron chi connectivity index (χ2n) is 9.29. The van der Waals surface area contributed by atoms with Crippen LogP contribution in [0.2, 0.25) is 0 Å². The first kappa shape index (κ1) is 20.5. The molecule has 2 aromatic carbocycles. The van der Waals surface area contributed by atoms with Crippen molar-refractivity contribution in [1.82, 2.24) is 5.32 Å². The number of rotatable bonds is 5. The first-order valence-corrected chi connectivity index (χ1v) is 10.7. The molecule has 2 aliphatic carbocycles. The molecule has 0 radical (unpaired) electrons. The first-order chi connectivity index (χ1) is 14.4. The lowest BCUT2D eigenvalue weighted by atomic mass is 9.71. The van der Waals surface area contributed by atoms with E-state index in [4.69, 9.17) is 4.74 Å². The Bertz CT molecular complexity index is 896. The standard InChI is InChI=1S/C25H29NO4/c1-25(2)13-11-16(12-14-25)22(23(27)28)26-24(29)30-15-21-19-9-5-3-7-17(19)18-8-4-6-10-20(18)21/h3-10,16,21-22H,11-15H2,1-2H3,(H,26,29)(H,27,28). The molecule has 1 fully saturated rings. The Balaban J connectivity index is 1.41. The third-order valence-corrected chi connectivity index (χ3v) is 6.74. The predicted octanol–water partition coefficient (Wildman–Crippen LogP) is 5.19. The van der Waals surface area contributed by atoms with Crippen LogP contribution in [0.3, 0.4) is 0 Å². The number of amides is 1. The maximum atomic E-state index is 12.5. The van der Waals surface area contributed by atoms with Crippen molar-refractivity contribution < 1.29 is 19.4 Å². The zero-order chi connectivity index (χ0) is 21.3. The fourth-order valence-electron chi connectivity index (χ4n) is 4.90. The van der Waals surface area contributed by atoms with Crippen LogP contribution in [-0.4, -0.2) is 29.8 Å². The van der Waals surface area contributed by atoms with E-state index in [2.05, 4.69) is 43.4 Å². The molecule has 1 saturated carbocycles. The summed E-state index contributed by atoms with van der Waals surface area (Å²) in [5, 5.41) is 12.3. The fraction of sp³-hybridized carbons (Fsp3) is 0.440. The number of carboxylic acid groups (broad SMARTS) is 1. The Kier molecular flexibility index (Phi) is 5.54. The van der Waals surface area contributed by atoms with Crippen molar-refractivity contribution >= 4 is 12.1 Å². The molecule has 2 N–H and O–H groups in total. The number of benzene rings is 2. The first-order valence-electron chi connectivity index (χ1n) is 10.7. The zero-order valence-corrected chi connectivity index (χ0v) is 17.6. The molecular weight excluding hydrogens is 378 g/mol. The Labute approximate surface area is 177 Å². The molecule has 0 aromatic heterocycles.